The first-order valence-electron chi connectivity index (χ1n) is 9.98. The van der Waals surface area contributed by atoms with Gasteiger partial charge in [-0.15, -0.1) is 0 Å². The number of rotatable bonds is 4. The van der Waals surface area contributed by atoms with Gasteiger partial charge in [-0.2, -0.15) is 0 Å². The van der Waals surface area contributed by atoms with Crippen molar-refractivity contribution in [3.05, 3.63) is 47.8 Å². The molecule has 1 aliphatic carbocycles. The highest BCUT2D eigenvalue weighted by Gasteiger charge is 2.55. The molecule has 162 valence electrons. The number of pyridine rings is 1. The van der Waals surface area contributed by atoms with E-state index in [9.17, 15) is 23.2 Å². The fourth-order valence-corrected chi connectivity index (χ4v) is 4.10. The SMILES string of the molecule is Cc1c(N)cncc1-c1ccc(C(=O)CN2C(=O)NC3(CCC(F)(F)CC3)C2=O)cc1. The number of alkyl halides is 2. The minimum Gasteiger partial charge on any atom is -0.397 e. The molecule has 1 aromatic carbocycles. The Kier molecular flexibility index (Phi) is 4.99. The van der Waals surface area contributed by atoms with Gasteiger partial charge in [-0.3, -0.25) is 19.5 Å². The van der Waals surface area contributed by atoms with Crippen molar-refractivity contribution >= 4 is 23.4 Å². The van der Waals surface area contributed by atoms with Crippen molar-refractivity contribution in [2.24, 2.45) is 0 Å². The van der Waals surface area contributed by atoms with Gasteiger partial charge in [-0.1, -0.05) is 24.3 Å². The van der Waals surface area contributed by atoms with E-state index in [0.717, 1.165) is 21.6 Å². The fraction of sp³-hybridized carbons (Fsp3) is 0.364. The number of hydrogen-bond acceptors (Lipinski definition) is 5. The van der Waals surface area contributed by atoms with Gasteiger partial charge in [0.25, 0.3) is 5.91 Å². The van der Waals surface area contributed by atoms with E-state index in [4.69, 9.17) is 5.73 Å². The summed E-state index contributed by atoms with van der Waals surface area (Å²) in [6.07, 6.45) is 2.02. The Hall–Kier alpha value is -3.36. The molecule has 0 bridgehead atoms. The van der Waals surface area contributed by atoms with Crippen molar-refractivity contribution < 1.29 is 23.2 Å². The van der Waals surface area contributed by atoms with Gasteiger partial charge in [0.15, 0.2) is 5.78 Å². The number of carbonyl (C=O) groups excluding carboxylic acids is 3. The van der Waals surface area contributed by atoms with Crippen molar-refractivity contribution in [2.45, 2.75) is 44.1 Å². The number of aromatic nitrogens is 1. The van der Waals surface area contributed by atoms with Crippen molar-refractivity contribution in [3.8, 4) is 11.1 Å². The highest BCUT2D eigenvalue weighted by atomic mass is 19.3. The van der Waals surface area contributed by atoms with Gasteiger partial charge in [0.05, 0.1) is 18.4 Å². The minimum atomic E-state index is -2.83. The molecular formula is C22H22F2N4O3. The van der Waals surface area contributed by atoms with E-state index >= 15 is 0 Å². The summed E-state index contributed by atoms with van der Waals surface area (Å²) in [7, 11) is 0. The highest BCUT2D eigenvalue weighted by Crippen LogP contribution is 2.41. The van der Waals surface area contributed by atoms with E-state index in [-0.39, 0.29) is 12.8 Å². The molecule has 2 aromatic rings. The molecule has 0 unspecified atom stereocenters. The van der Waals surface area contributed by atoms with Crippen LogP contribution in [-0.2, 0) is 4.79 Å². The number of halogens is 2. The van der Waals surface area contributed by atoms with Crippen molar-refractivity contribution in [1.29, 1.82) is 0 Å². The van der Waals surface area contributed by atoms with Crippen LogP contribution in [0.25, 0.3) is 11.1 Å². The number of Topliss-reactive ketones (excluding diaryl/α,β-unsaturated/α-hetero) is 1. The second kappa shape index (κ2) is 7.40. The fourth-order valence-electron chi connectivity index (χ4n) is 4.10. The first-order valence-corrected chi connectivity index (χ1v) is 9.98. The summed E-state index contributed by atoms with van der Waals surface area (Å²) < 4.78 is 27.0. The number of imide groups is 1. The second-order valence-electron chi connectivity index (χ2n) is 8.16. The molecule has 31 heavy (non-hydrogen) atoms. The van der Waals surface area contributed by atoms with Gasteiger partial charge in [0, 0.05) is 30.2 Å². The predicted molar refractivity (Wildman–Crippen MR) is 110 cm³/mol. The number of amides is 3. The molecule has 1 saturated heterocycles. The maximum Gasteiger partial charge on any atom is 0.325 e. The number of nitrogens with one attached hydrogen (secondary N) is 1. The van der Waals surface area contributed by atoms with E-state index in [1.165, 1.54) is 0 Å². The number of nitrogens with zero attached hydrogens (tertiary/aromatic N) is 2. The van der Waals surface area contributed by atoms with Crippen LogP contribution in [0.3, 0.4) is 0 Å². The molecule has 1 saturated carbocycles. The van der Waals surface area contributed by atoms with Crippen LogP contribution < -0.4 is 11.1 Å². The first kappa shape index (κ1) is 20.9. The topological polar surface area (TPSA) is 105 Å². The lowest BCUT2D eigenvalue weighted by atomic mass is 9.80. The quantitative estimate of drug-likeness (QED) is 0.574. The summed E-state index contributed by atoms with van der Waals surface area (Å²) in [5.41, 5.74) is 7.98. The summed E-state index contributed by atoms with van der Waals surface area (Å²) >= 11 is 0. The average Bonchev–Trinajstić information content (AvgIpc) is 2.97. The molecule has 1 aromatic heterocycles. The Bertz CT molecular complexity index is 1060. The number of hydrogen-bond donors (Lipinski definition) is 2. The molecule has 2 heterocycles. The smallest absolute Gasteiger partial charge is 0.325 e. The molecule has 1 aliphatic heterocycles. The third-order valence-electron chi connectivity index (χ3n) is 6.15. The molecule has 2 aliphatic rings. The van der Waals surface area contributed by atoms with Crippen LogP contribution in [0.15, 0.2) is 36.7 Å². The second-order valence-corrected chi connectivity index (χ2v) is 8.16. The number of carbonyl (C=O) groups is 3. The normalized spacial score (nSPS) is 19.5. The average molecular weight is 428 g/mol. The summed E-state index contributed by atoms with van der Waals surface area (Å²) in [6, 6.07) is 5.98. The molecule has 2 fully saturated rings. The highest BCUT2D eigenvalue weighted by molar-refractivity contribution is 6.11. The van der Waals surface area contributed by atoms with E-state index < -0.39 is 48.6 Å². The maximum absolute atomic E-state index is 13.5. The summed E-state index contributed by atoms with van der Waals surface area (Å²) in [5.74, 6) is -3.87. The molecule has 4 rings (SSSR count). The van der Waals surface area contributed by atoms with E-state index in [2.05, 4.69) is 10.3 Å². The lowest BCUT2D eigenvalue weighted by molar-refractivity contribution is -0.135. The van der Waals surface area contributed by atoms with Crippen LogP contribution in [0.4, 0.5) is 19.3 Å². The van der Waals surface area contributed by atoms with Crippen LogP contribution in [-0.4, -0.2) is 45.6 Å². The van der Waals surface area contributed by atoms with E-state index in [0.29, 0.717) is 11.3 Å². The number of benzene rings is 1. The van der Waals surface area contributed by atoms with Gasteiger partial charge in [-0.25, -0.2) is 13.6 Å². The Labute approximate surface area is 177 Å². The number of nitrogen functional groups attached to an aromatic ring is 1. The third-order valence-corrected chi connectivity index (χ3v) is 6.15. The Morgan fingerprint density at radius 2 is 1.77 bits per heavy atom. The number of ketones is 1. The monoisotopic (exact) mass is 428 g/mol. The van der Waals surface area contributed by atoms with E-state index in [1.807, 2.05) is 6.92 Å². The lowest BCUT2D eigenvalue weighted by Crippen LogP contribution is -2.51. The molecule has 3 N–H and O–H groups in total. The van der Waals surface area contributed by atoms with Crippen LogP contribution >= 0.6 is 0 Å². The molecule has 0 radical (unpaired) electrons. The molecule has 9 heteroatoms. The predicted octanol–water partition coefficient (Wildman–Crippen LogP) is 3.32. The number of urea groups is 1. The maximum atomic E-state index is 13.5. The summed E-state index contributed by atoms with van der Waals surface area (Å²) in [4.78, 5) is 42.8. The van der Waals surface area contributed by atoms with Crippen LogP contribution in [0.2, 0.25) is 0 Å². The molecule has 3 amide bonds. The Balaban J connectivity index is 1.48. The third kappa shape index (κ3) is 3.75. The van der Waals surface area contributed by atoms with Crippen molar-refractivity contribution in [2.75, 3.05) is 12.3 Å². The molecular weight excluding hydrogens is 406 g/mol. The van der Waals surface area contributed by atoms with Crippen LogP contribution in [0, 0.1) is 6.92 Å². The first-order chi connectivity index (χ1) is 14.6. The van der Waals surface area contributed by atoms with Crippen molar-refractivity contribution in [3.63, 3.8) is 0 Å². The Morgan fingerprint density at radius 1 is 1.13 bits per heavy atom. The molecule has 7 nitrogen and oxygen atoms in total. The molecule has 0 atom stereocenters. The van der Waals surface area contributed by atoms with Gasteiger partial charge < -0.3 is 11.1 Å². The van der Waals surface area contributed by atoms with Gasteiger partial charge >= 0.3 is 6.03 Å². The minimum absolute atomic E-state index is 0.141. The zero-order valence-electron chi connectivity index (χ0n) is 17.0. The largest absolute Gasteiger partial charge is 0.397 e. The standard InChI is InChI=1S/C22H22F2N4O3/c1-13-16(10-26-11-17(13)25)14-2-4-15(5-3-14)18(29)12-28-19(30)21(27-20(28)31)6-8-22(23,24)9-7-21/h2-5,10-11H,6-9,12,25H2,1H3,(H,27,31). The van der Waals surface area contributed by atoms with Gasteiger partial charge in [-0.05, 0) is 30.9 Å². The summed E-state index contributed by atoms with van der Waals surface area (Å²) in [6.45, 7) is 1.43. The summed E-state index contributed by atoms with van der Waals surface area (Å²) in [5, 5.41) is 2.54. The Morgan fingerprint density at radius 3 is 2.42 bits per heavy atom. The van der Waals surface area contributed by atoms with Crippen molar-refractivity contribution in [1.82, 2.24) is 15.2 Å². The zero-order chi connectivity index (χ0) is 22.4. The van der Waals surface area contributed by atoms with Gasteiger partial charge in [0.2, 0.25) is 5.92 Å². The van der Waals surface area contributed by atoms with Gasteiger partial charge in [0.1, 0.15) is 5.54 Å². The lowest BCUT2D eigenvalue weighted by Gasteiger charge is -2.34. The zero-order valence-corrected chi connectivity index (χ0v) is 17.0. The van der Waals surface area contributed by atoms with E-state index in [1.54, 1.807) is 36.7 Å². The van der Waals surface area contributed by atoms with Crippen LogP contribution in [0.5, 0.6) is 0 Å². The molecule has 1 spiro atoms. The number of anilines is 1. The van der Waals surface area contributed by atoms with Crippen LogP contribution in [0.1, 0.15) is 41.6 Å². The number of nitrogens with two attached hydrogens (primary N) is 1.